The maximum atomic E-state index is 12.3. The second kappa shape index (κ2) is 6.36. The average Bonchev–Trinajstić information content (AvgIpc) is 2.94. The molecule has 0 atom stereocenters. The monoisotopic (exact) mass is 307 g/mol. The summed E-state index contributed by atoms with van der Waals surface area (Å²) in [6.45, 7) is 2.04. The highest BCUT2D eigenvalue weighted by atomic mass is 16.5. The molecule has 0 unspecified atom stereocenters. The molecule has 0 saturated carbocycles. The molecule has 0 amide bonds. The fraction of sp³-hybridized carbons (Fsp3) is 0.111. The van der Waals surface area contributed by atoms with Gasteiger partial charge in [0, 0.05) is 11.3 Å². The Morgan fingerprint density at radius 2 is 1.70 bits per heavy atom. The summed E-state index contributed by atoms with van der Waals surface area (Å²) in [4.78, 5) is 16.7. The summed E-state index contributed by atoms with van der Waals surface area (Å²) < 4.78 is 6.88. The molecular weight excluding hydrogens is 290 g/mol. The Morgan fingerprint density at radius 1 is 1.09 bits per heavy atom. The van der Waals surface area contributed by atoms with Crippen LogP contribution in [-0.2, 0) is 4.74 Å². The van der Waals surface area contributed by atoms with Gasteiger partial charge in [-0.3, -0.25) is 4.57 Å². The topological polar surface area (TPSA) is 70.1 Å². The number of hydrogen-bond donors (Lipinski definition) is 1. The number of aromatic nitrogens is 2. The van der Waals surface area contributed by atoms with Gasteiger partial charge < -0.3 is 10.5 Å². The standard InChI is InChI=1S/C18H17N3O2/c1-2-23-18(22)15-16(19)20-17(13-9-5-3-6-10-13)21(15)14-11-7-4-8-12-14/h3-12H,2,19H2,1H3. The Hall–Kier alpha value is -3.08. The van der Waals surface area contributed by atoms with E-state index < -0.39 is 5.97 Å². The lowest BCUT2D eigenvalue weighted by molar-refractivity contribution is 0.0518. The third-order valence-corrected chi connectivity index (χ3v) is 3.42. The maximum absolute atomic E-state index is 12.3. The predicted molar refractivity (Wildman–Crippen MR) is 89.4 cm³/mol. The van der Waals surface area contributed by atoms with Crippen molar-refractivity contribution in [2.75, 3.05) is 12.3 Å². The number of hydrogen-bond acceptors (Lipinski definition) is 4. The molecule has 2 N–H and O–H groups in total. The first-order valence-electron chi connectivity index (χ1n) is 7.38. The molecule has 0 aliphatic rings. The summed E-state index contributed by atoms with van der Waals surface area (Å²) in [7, 11) is 0. The summed E-state index contributed by atoms with van der Waals surface area (Å²) in [6, 6.07) is 19.1. The van der Waals surface area contributed by atoms with Crippen molar-refractivity contribution in [3.8, 4) is 17.1 Å². The predicted octanol–water partition coefficient (Wildman–Crippen LogP) is 3.30. The zero-order valence-electron chi connectivity index (χ0n) is 12.8. The van der Waals surface area contributed by atoms with Gasteiger partial charge >= 0.3 is 5.97 Å². The van der Waals surface area contributed by atoms with E-state index in [1.807, 2.05) is 60.7 Å². The lowest BCUT2D eigenvalue weighted by atomic mass is 10.2. The molecule has 1 aromatic heterocycles. The van der Waals surface area contributed by atoms with Crippen molar-refractivity contribution in [2.24, 2.45) is 0 Å². The van der Waals surface area contributed by atoms with E-state index in [9.17, 15) is 4.79 Å². The normalized spacial score (nSPS) is 10.5. The van der Waals surface area contributed by atoms with Crippen molar-refractivity contribution in [1.29, 1.82) is 0 Å². The van der Waals surface area contributed by atoms with Gasteiger partial charge in [-0.2, -0.15) is 0 Å². The molecule has 0 saturated heterocycles. The number of carbonyl (C=O) groups is 1. The Bertz CT molecular complexity index is 811. The molecule has 5 heteroatoms. The van der Waals surface area contributed by atoms with E-state index in [2.05, 4.69) is 4.98 Å². The van der Waals surface area contributed by atoms with E-state index >= 15 is 0 Å². The number of ether oxygens (including phenoxy) is 1. The molecule has 5 nitrogen and oxygen atoms in total. The van der Waals surface area contributed by atoms with E-state index in [-0.39, 0.29) is 18.1 Å². The van der Waals surface area contributed by atoms with Gasteiger partial charge in [0.1, 0.15) is 5.82 Å². The van der Waals surface area contributed by atoms with Gasteiger partial charge in [0.15, 0.2) is 11.5 Å². The molecule has 116 valence electrons. The van der Waals surface area contributed by atoms with Crippen LogP contribution in [0.2, 0.25) is 0 Å². The zero-order valence-corrected chi connectivity index (χ0v) is 12.8. The van der Waals surface area contributed by atoms with Gasteiger partial charge in [-0.05, 0) is 19.1 Å². The van der Waals surface area contributed by atoms with Gasteiger partial charge in [0.05, 0.1) is 6.61 Å². The van der Waals surface area contributed by atoms with E-state index in [0.29, 0.717) is 5.82 Å². The van der Waals surface area contributed by atoms with E-state index in [1.54, 1.807) is 11.5 Å². The first-order chi connectivity index (χ1) is 11.2. The van der Waals surface area contributed by atoms with Gasteiger partial charge in [-0.15, -0.1) is 0 Å². The first-order valence-corrected chi connectivity index (χ1v) is 7.38. The third kappa shape index (κ3) is 2.81. The molecule has 23 heavy (non-hydrogen) atoms. The van der Waals surface area contributed by atoms with Crippen LogP contribution in [0.15, 0.2) is 60.7 Å². The fourth-order valence-corrected chi connectivity index (χ4v) is 2.44. The highest BCUT2D eigenvalue weighted by molar-refractivity contribution is 5.94. The molecule has 0 aliphatic heterocycles. The number of benzene rings is 2. The molecule has 3 rings (SSSR count). The lowest BCUT2D eigenvalue weighted by Gasteiger charge is -2.11. The van der Waals surface area contributed by atoms with Crippen LogP contribution >= 0.6 is 0 Å². The summed E-state index contributed by atoms with van der Waals surface area (Å²) in [5.41, 5.74) is 7.94. The van der Waals surface area contributed by atoms with E-state index in [1.165, 1.54) is 0 Å². The van der Waals surface area contributed by atoms with Gasteiger partial charge in [-0.1, -0.05) is 48.5 Å². The second-order valence-corrected chi connectivity index (χ2v) is 4.93. The number of para-hydroxylation sites is 1. The molecule has 0 aliphatic carbocycles. The van der Waals surface area contributed by atoms with Crippen LogP contribution in [0.5, 0.6) is 0 Å². The van der Waals surface area contributed by atoms with Crippen molar-refractivity contribution < 1.29 is 9.53 Å². The average molecular weight is 307 g/mol. The van der Waals surface area contributed by atoms with Crippen molar-refractivity contribution >= 4 is 11.8 Å². The van der Waals surface area contributed by atoms with Crippen LogP contribution in [0.25, 0.3) is 17.1 Å². The van der Waals surface area contributed by atoms with E-state index in [4.69, 9.17) is 10.5 Å². The zero-order chi connectivity index (χ0) is 16.2. The second-order valence-electron chi connectivity index (χ2n) is 4.93. The highest BCUT2D eigenvalue weighted by Crippen LogP contribution is 2.28. The molecular formula is C18H17N3O2. The van der Waals surface area contributed by atoms with Crippen molar-refractivity contribution in [2.45, 2.75) is 6.92 Å². The number of nitrogens with zero attached hydrogens (tertiary/aromatic N) is 2. The summed E-state index contributed by atoms with van der Waals surface area (Å²) in [5, 5.41) is 0. The Labute approximate surface area is 134 Å². The number of nitrogen functional groups attached to an aromatic ring is 1. The molecule has 0 bridgehead atoms. The smallest absolute Gasteiger partial charge is 0.359 e. The van der Waals surface area contributed by atoms with Gasteiger partial charge in [0.25, 0.3) is 0 Å². The van der Waals surface area contributed by atoms with Crippen LogP contribution in [0.1, 0.15) is 17.4 Å². The number of imidazole rings is 1. The number of carbonyl (C=O) groups excluding carboxylic acids is 1. The van der Waals surface area contributed by atoms with Crippen LogP contribution in [0, 0.1) is 0 Å². The van der Waals surface area contributed by atoms with Crippen LogP contribution in [-0.4, -0.2) is 22.1 Å². The SMILES string of the molecule is CCOC(=O)c1c(N)nc(-c2ccccc2)n1-c1ccccc1. The molecule has 2 aromatic carbocycles. The minimum absolute atomic E-state index is 0.158. The van der Waals surface area contributed by atoms with E-state index in [0.717, 1.165) is 11.3 Å². The minimum Gasteiger partial charge on any atom is -0.461 e. The summed E-state index contributed by atoms with van der Waals surface area (Å²) in [6.07, 6.45) is 0. The lowest BCUT2D eigenvalue weighted by Crippen LogP contribution is -2.13. The van der Waals surface area contributed by atoms with Gasteiger partial charge in [0.2, 0.25) is 0 Å². The third-order valence-electron chi connectivity index (χ3n) is 3.42. The van der Waals surface area contributed by atoms with Crippen LogP contribution in [0.4, 0.5) is 5.82 Å². The highest BCUT2D eigenvalue weighted by Gasteiger charge is 2.24. The number of rotatable bonds is 4. The number of anilines is 1. The fourth-order valence-electron chi connectivity index (χ4n) is 2.44. The Balaban J connectivity index is 2.25. The quantitative estimate of drug-likeness (QED) is 0.751. The Morgan fingerprint density at radius 3 is 2.30 bits per heavy atom. The maximum Gasteiger partial charge on any atom is 0.359 e. The van der Waals surface area contributed by atoms with Crippen molar-refractivity contribution in [3.05, 3.63) is 66.4 Å². The molecule has 1 heterocycles. The Kier molecular flexibility index (Phi) is 4.10. The van der Waals surface area contributed by atoms with Crippen LogP contribution in [0.3, 0.4) is 0 Å². The largest absolute Gasteiger partial charge is 0.461 e. The molecule has 0 radical (unpaired) electrons. The summed E-state index contributed by atoms with van der Waals surface area (Å²) in [5.74, 6) is 0.284. The summed E-state index contributed by atoms with van der Waals surface area (Å²) >= 11 is 0. The molecule has 0 spiro atoms. The van der Waals surface area contributed by atoms with Crippen LogP contribution < -0.4 is 5.73 Å². The van der Waals surface area contributed by atoms with Crippen molar-refractivity contribution in [3.63, 3.8) is 0 Å². The minimum atomic E-state index is -0.483. The molecule has 0 fully saturated rings. The van der Waals surface area contributed by atoms with Crippen molar-refractivity contribution in [1.82, 2.24) is 9.55 Å². The van der Waals surface area contributed by atoms with Gasteiger partial charge in [-0.25, -0.2) is 9.78 Å². The number of esters is 1. The molecule has 3 aromatic rings. The number of nitrogens with two attached hydrogens (primary N) is 1. The first kappa shape index (κ1) is 14.8.